The number of hydrogen-bond donors (Lipinski definition) is 1. The molecule has 3 nitrogen and oxygen atoms in total. The van der Waals surface area contributed by atoms with Crippen molar-refractivity contribution in [2.75, 3.05) is 25.1 Å². The van der Waals surface area contributed by atoms with Crippen LogP contribution in [0.5, 0.6) is 11.5 Å². The van der Waals surface area contributed by atoms with Gasteiger partial charge in [-0.1, -0.05) is 12.2 Å². The van der Waals surface area contributed by atoms with E-state index in [2.05, 4.69) is 23.5 Å². The molecule has 1 aliphatic heterocycles. The molecule has 1 unspecified atom stereocenters. The Kier molecular flexibility index (Phi) is 3.40. The Morgan fingerprint density at radius 2 is 2.00 bits per heavy atom. The number of fused-ring (bicyclic) bond motifs is 1. The van der Waals surface area contributed by atoms with E-state index in [0.29, 0.717) is 13.2 Å². The molecule has 1 aliphatic carbocycles. The SMILES string of the molecule is C1=CCC(CNc2ccc3c(c2)OCCO3)CC1. The first kappa shape index (κ1) is 11.5. The highest BCUT2D eigenvalue weighted by molar-refractivity contribution is 5.55. The second-order valence-corrected chi connectivity index (χ2v) is 4.89. The van der Waals surface area contributed by atoms with Gasteiger partial charge in [0.05, 0.1) is 0 Å². The largest absolute Gasteiger partial charge is 0.486 e. The summed E-state index contributed by atoms with van der Waals surface area (Å²) >= 11 is 0. The fourth-order valence-electron chi connectivity index (χ4n) is 2.46. The minimum Gasteiger partial charge on any atom is -0.486 e. The number of allylic oxidation sites excluding steroid dienone is 2. The van der Waals surface area contributed by atoms with E-state index in [1.54, 1.807) is 0 Å². The van der Waals surface area contributed by atoms with E-state index in [0.717, 1.165) is 29.6 Å². The average Bonchev–Trinajstić information content (AvgIpc) is 2.46. The Morgan fingerprint density at radius 1 is 1.11 bits per heavy atom. The predicted octanol–water partition coefficient (Wildman–Crippen LogP) is 3.23. The van der Waals surface area contributed by atoms with Gasteiger partial charge in [-0.15, -0.1) is 0 Å². The highest BCUT2D eigenvalue weighted by Gasteiger charge is 2.13. The van der Waals surface area contributed by atoms with Crippen molar-refractivity contribution in [2.45, 2.75) is 19.3 Å². The zero-order chi connectivity index (χ0) is 12.2. The maximum atomic E-state index is 5.58. The number of nitrogens with one attached hydrogen (secondary N) is 1. The lowest BCUT2D eigenvalue weighted by Crippen LogP contribution is -2.17. The molecule has 0 bridgehead atoms. The van der Waals surface area contributed by atoms with Crippen LogP contribution in [-0.4, -0.2) is 19.8 Å². The molecular formula is C15H19NO2. The van der Waals surface area contributed by atoms with Crippen LogP contribution in [0.15, 0.2) is 30.4 Å². The van der Waals surface area contributed by atoms with Crippen molar-refractivity contribution in [1.29, 1.82) is 0 Å². The molecule has 18 heavy (non-hydrogen) atoms. The first-order valence-electron chi connectivity index (χ1n) is 6.70. The third kappa shape index (κ3) is 2.61. The van der Waals surface area contributed by atoms with E-state index in [1.165, 1.54) is 19.3 Å². The highest BCUT2D eigenvalue weighted by atomic mass is 16.6. The lowest BCUT2D eigenvalue weighted by molar-refractivity contribution is 0.171. The standard InChI is InChI=1S/C15H19NO2/c1-2-4-12(5-3-1)11-16-13-6-7-14-15(10-13)18-9-8-17-14/h1-2,6-7,10,12,16H,3-5,8-9,11H2. The monoisotopic (exact) mass is 245 g/mol. The molecule has 0 radical (unpaired) electrons. The van der Waals surface area contributed by atoms with Crippen molar-refractivity contribution in [3.63, 3.8) is 0 Å². The topological polar surface area (TPSA) is 30.5 Å². The Morgan fingerprint density at radius 3 is 2.83 bits per heavy atom. The maximum absolute atomic E-state index is 5.58. The molecule has 0 amide bonds. The van der Waals surface area contributed by atoms with Gasteiger partial charge in [0.2, 0.25) is 0 Å². The zero-order valence-electron chi connectivity index (χ0n) is 10.5. The molecule has 0 aromatic heterocycles. The number of rotatable bonds is 3. The molecule has 1 aromatic carbocycles. The van der Waals surface area contributed by atoms with Crippen LogP contribution in [0.25, 0.3) is 0 Å². The molecule has 2 aliphatic rings. The van der Waals surface area contributed by atoms with Gasteiger partial charge in [0.15, 0.2) is 11.5 Å². The molecule has 1 aromatic rings. The molecule has 0 saturated carbocycles. The van der Waals surface area contributed by atoms with Crippen molar-refractivity contribution in [2.24, 2.45) is 5.92 Å². The molecule has 0 fully saturated rings. The summed E-state index contributed by atoms with van der Waals surface area (Å²) in [6, 6.07) is 6.08. The van der Waals surface area contributed by atoms with Gasteiger partial charge in [-0.3, -0.25) is 0 Å². The lowest BCUT2D eigenvalue weighted by atomic mass is 9.94. The quantitative estimate of drug-likeness (QED) is 0.829. The minimum atomic E-state index is 0.643. The molecule has 0 saturated heterocycles. The zero-order valence-corrected chi connectivity index (χ0v) is 10.5. The molecule has 1 heterocycles. The van der Waals surface area contributed by atoms with E-state index in [9.17, 15) is 0 Å². The summed E-state index contributed by atoms with van der Waals surface area (Å²) in [5, 5.41) is 3.50. The van der Waals surface area contributed by atoms with Crippen LogP contribution >= 0.6 is 0 Å². The number of hydrogen-bond acceptors (Lipinski definition) is 3. The van der Waals surface area contributed by atoms with Crippen molar-refractivity contribution >= 4 is 5.69 Å². The third-order valence-corrected chi connectivity index (χ3v) is 3.51. The van der Waals surface area contributed by atoms with Gasteiger partial charge in [-0.25, -0.2) is 0 Å². The fourth-order valence-corrected chi connectivity index (χ4v) is 2.46. The van der Waals surface area contributed by atoms with E-state index >= 15 is 0 Å². The number of anilines is 1. The van der Waals surface area contributed by atoms with Gasteiger partial charge in [-0.2, -0.15) is 0 Å². The van der Waals surface area contributed by atoms with Gasteiger partial charge in [-0.05, 0) is 37.3 Å². The summed E-state index contributed by atoms with van der Waals surface area (Å²) in [5.74, 6) is 2.46. The molecular weight excluding hydrogens is 226 g/mol. The van der Waals surface area contributed by atoms with Crippen molar-refractivity contribution in [3.05, 3.63) is 30.4 Å². The first-order chi connectivity index (χ1) is 8.92. The van der Waals surface area contributed by atoms with Crippen molar-refractivity contribution in [1.82, 2.24) is 0 Å². The summed E-state index contributed by atoms with van der Waals surface area (Å²) in [7, 11) is 0. The number of ether oxygens (including phenoxy) is 2. The van der Waals surface area contributed by atoms with Gasteiger partial charge >= 0.3 is 0 Å². The smallest absolute Gasteiger partial charge is 0.163 e. The average molecular weight is 245 g/mol. The molecule has 0 spiro atoms. The normalized spacial score (nSPS) is 21.7. The van der Waals surface area contributed by atoms with Crippen LogP contribution < -0.4 is 14.8 Å². The Labute approximate surface area is 108 Å². The van der Waals surface area contributed by atoms with Gasteiger partial charge < -0.3 is 14.8 Å². The second kappa shape index (κ2) is 5.34. The predicted molar refractivity (Wildman–Crippen MR) is 72.4 cm³/mol. The van der Waals surface area contributed by atoms with E-state index in [4.69, 9.17) is 9.47 Å². The Bertz CT molecular complexity index is 442. The molecule has 96 valence electrons. The summed E-state index contributed by atoms with van der Waals surface area (Å²) in [6.45, 7) is 2.32. The van der Waals surface area contributed by atoms with Crippen LogP contribution in [-0.2, 0) is 0 Å². The number of benzene rings is 1. The maximum Gasteiger partial charge on any atom is 0.163 e. The fraction of sp³-hybridized carbons (Fsp3) is 0.467. The molecule has 3 heteroatoms. The minimum absolute atomic E-state index is 0.643. The summed E-state index contributed by atoms with van der Waals surface area (Å²) < 4.78 is 11.1. The highest BCUT2D eigenvalue weighted by Crippen LogP contribution is 2.32. The van der Waals surface area contributed by atoms with Gasteiger partial charge in [0, 0.05) is 18.3 Å². The van der Waals surface area contributed by atoms with Crippen LogP contribution in [0.2, 0.25) is 0 Å². The Balaban J connectivity index is 1.60. The first-order valence-corrected chi connectivity index (χ1v) is 6.70. The van der Waals surface area contributed by atoms with E-state index in [1.807, 2.05) is 12.1 Å². The van der Waals surface area contributed by atoms with E-state index in [-0.39, 0.29) is 0 Å². The third-order valence-electron chi connectivity index (χ3n) is 3.51. The molecule has 1 atom stereocenters. The Hall–Kier alpha value is -1.64. The van der Waals surface area contributed by atoms with Crippen LogP contribution in [0.4, 0.5) is 5.69 Å². The summed E-state index contributed by atoms with van der Waals surface area (Å²) in [5.41, 5.74) is 1.12. The van der Waals surface area contributed by atoms with Crippen molar-refractivity contribution < 1.29 is 9.47 Å². The van der Waals surface area contributed by atoms with Gasteiger partial charge in [0.1, 0.15) is 13.2 Å². The van der Waals surface area contributed by atoms with Gasteiger partial charge in [0.25, 0.3) is 0 Å². The van der Waals surface area contributed by atoms with Crippen LogP contribution in [0.3, 0.4) is 0 Å². The summed E-state index contributed by atoms with van der Waals surface area (Å²) in [6.07, 6.45) is 8.26. The van der Waals surface area contributed by atoms with Crippen molar-refractivity contribution in [3.8, 4) is 11.5 Å². The van der Waals surface area contributed by atoms with Crippen LogP contribution in [0, 0.1) is 5.92 Å². The molecule has 3 rings (SSSR count). The van der Waals surface area contributed by atoms with Crippen LogP contribution in [0.1, 0.15) is 19.3 Å². The van der Waals surface area contributed by atoms with E-state index < -0.39 is 0 Å². The molecule has 1 N–H and O–H groups in total. The second-order valence-electron chi connectivity index (χ2n) is 4.89. The lowest BCUT2D eigenvalue weighted by Gasteiger charge is -2.21. The summed E-state index contributed by atoms with van der Waals surface area (Å²) in [4.78, 5) is 0.